The summed E-state index contributed by atoms with van der Waals surface area (Å²) >= 11 is 3.47. The standard InChI is InChI=1S/C12H16BrNO3S/c13-11-7-9(5-6-14-18(15)16)3-4-12(11)17-8-10-1-2-10/h3-4,7,10,18H,1-2,5-6,8H2,(H,14,15,16). The molecule has 18 heavy (non-hydrogen) atoms. The first-order chi connectivity index (χ1) is 8.65. The molecule has 0 radical (unpaired) electrons. The highest BCUT2D eigenvalue weighted by molar-refractivity contribution is 9.10. The molecular formula is C12H16BrNO3S. The predicted octanol–water partition coefficient (Wildman–Crippen LogP) is 1.90. The van der Waals surface area contributed by atoms with E-state index in [9.17, 15) is 8.42 Å². The highest BCUT2D eigenvalue weighted by Gasteiger charge is 2.22. The zero-order chi connectivity index (χ0) is 13.0. The van der Waals surface area contributed by atoms with E-state index >= 15 is 0 Å². The van der Waals surface area contributed by atoms with Crippen molar-refractivity contribution in [1.29, 1.82) is 0 Å². The maximum atomic E-state index is 10.4. The quantitative estimate of drug-likeness (QED) is 0.749. The zero-order valence-corrected chi connectivity index (χ0v) is 12.4. The second kappa shape index (κ2) is 6.54. The average Bonchev–Trinajstić information content (AvgIpc) is 3.11. The topological polar surface area (TPSA) is 55.4 Å². The summed E-state index contributed by atoms with van der Waals surface area (Å²) in [6.45, 7) is 1.21. The lowest BCUT2D eigenvalue weighted by Gasteiger charge is -2.09. The van der Waals surface area contributed by atoms with Crippen molar-refractivity contribution in [2.24, 2.45) is 5.92 Å². The summed E-state index contributed by atoms with van der Waals surface area (Å²) in [5.74, 6) is 1.59. The van der Waals surface area contributed by atoms with E-state index in [-0.39, 0.29) is 0 Å². The Bertz CT molecular complexity index is 478. The van der Waals surface area contributed by atoms with Crippen molar-refractivity contribution < 1.29 is 13.2 Å². The van der Waals surface area contributed by atoms with Crippen molar-refractivity contribution in [3.63, 3.8) is 0 Å². The summed E-state index contributed by atoms with van der Waals surface area (Å²) in [4.78, 5) is 0. The van der Waals surface area contributed by atoms with E-state index in [4.69, 9.17) is 4.74 Å². The smallest absolute Gasteiger partial charge is 0.201 e. The van der Waals surface area contributed by atoms with Crippen LogP contribution in [0.15, 0.2) is 22.7 Å². The van der Waals surface area contributed by atoms with Crippen LogP contribution >= 0.6 is 15.9 Å². The summed E-state index contributed by atoms with van der Waals surface area (Å²) in [5, 5.41) is 0. The number of thiol groups is 1. The molecule has 0 bridgehead atoms. The number of ether oxygens (including phenoxy) is 1. The molecule has 0 saturated heterocycles. The van der Waals surface area contributed by atoms with Gasteiger partial charge in [0.1, 0.15) is 5.75 Å². The summed E-state index contributed by atoms with van der Waals surface area (Å²) < 4.78 is 29.7. The predicted molar refractivity (Wildman–Crippen MR) is 74.4 cm³/mol. The van der Waals surface area contributed by atoms with Gasteiger partial charge in [-0.3, -0.25) is 0 Å². The molecule has 1 saturated carbocycles. The first kappa shape index (κ1) is 13.8. The second-order valence-corrected chi connectivity index (χ2v) is 6.12. The zero-order valence-electron chi connectivity index (χ0n) is 9.89. The fraction of sp³-hybridized carbons (Fsp3) is 0.500. The van der Waals surface area contributed by atoms with Crippen LogP contribution in [-0.2, 0) is 17.3 Å². The van der Waals surface area contributed by atoms with Crippen LogP contribution in [0.25, 0.3) is 0 Å². The van der Waals surface area contributed by atoms with Crippen LogP contribution < -0.4 is 9.46 Å². The summed E-state index contributed by atoms with van der Waals surface area (Å²) in [6.07, 6.45) is 3.22. The van der Waals surface area contributed by atoms with Gasteiger partial charge in [-0.25, -0.2) is 13.1 Å². The van der Waals surface area contributed by atoms with E-state index in [2.05, 4.69) is 20.7 Å². The van der Waals surface area contributed by atoms with E-state index in [0.717, 1.165) is 28.3 Å². The van der Waals surface area contributed by atoms with E-state index < -0.39 is 10.9 Å². The van der Waals surface area contributed by atoms with Gasteiger partial charge >= 0.3 is 0 Å². The molecule has 0 heterocycles. The van der Waals surface area contributed by atoms with Crippen molar-refractivity contribution in [3.8, 4) is 5.75 Å². The molecule has 4 nitrogen and oxygen atoms in total. The van der Waals surface area contributed by atoms with Gasteiger partial charge in [-0.05, 0) is 58.8 Å². The number of benzene rings is 1. The number of hydrogen-bond donors (Lipinski definition) is 2. The normalized spacial score (nSPS) is 15.0. The highest BCUT2D eigenvalue weighted by Crippen LogP contribution is 2.32. The number of nitrogens with one attached hydrogen (secondary N) is 1. The van der Waals surface area contributed by atoms with Crippen molar-refractivity contribution in [2.75, 3.05) is 13.2 Å². The third-order valence-electron chi connectivity index (χ3n) is 2.82. The molecule has 1 N–H and O–H groups in total. The van der Waals surface area contributed by atoms with Crippen LogP contribution in [0.3, 0.4) is 0 Å². The molecule has 2 rings (SSSR count). The molecule has 0 aliphatic heterocycles. The van der Waals surface area contributed by atoms with E-state index in [1.807, 2.05) is 18.2 Å². The fourth-order valence-corrected chi connectivity index (χ4v) is 2.44. The third-order valence-corrected chi connectivity index (χ3v) is 3.92. The van der Waals surface area contributed by atoms with Gasteiger partial charge in [0.2, 0.25) is 10.9 Å². The lowest BCUT2D eigenvalue weighted by molar-refractivity contribution is 0.298. The molecule has 0 atom stereocenters. The van der Waals surface area contributed by atoms with Gasteiger partial charge in [-0.1, -0.05) is 6.07 Å². The van der Waals surface area contributed by atoms with Gasteiger partial charge in [0, 0.05) is 6.54 Å². The Morgan fingerprint density at radius 2 is 2.17 bits per heavy atom. The Labute approximate surface area is 117 Å². The minimum atomic E-state index is -2.50. The summed E-state index contributed by atoms with van der Waals surface area (Å²) in [5.41, 5.74) is 1.07. The molecule has 1 aliphatic carbocycles. The molecular weight excluding hydrogens is 318 g/mol. The Balaban J connectivity index is 1.86. The summed E-state index contributed by atoms with van der Waals surface area (Å²) in [6, 6.07) is 5.87. The second-order valence-electron chi connectivity index (χ2n) is 4.43. The monoisotopic (exact) mass is 333 g/mol. The van der Waals surface area contributed by atoms with Gasteiger partial charge < -0.3 is 4.74 Å². The van der Waals surface area contributed by atoms with Gasteiger partial charge in [0.25, 0.3) is 0 Å². The molecule has 1 aromatic carbocycles. The lowest BCUT2D eigenvalue weighted by Crippen LogP contribution is -2.14. The fourth-order valence-electron chi connectivity index (χ4n) is 1.60. The summed E-state index contributed by atoms with van der Waals surface area (Å²) in [7, 11) is -2.50. The molecule has 0 amide bonds. The van der Waals surface area contributed by atoms with E-state index in [1.54, 1.807) is 0 Å². The largest absolute Gasteiger partial charge is 0.492 e. The molecule has 1 aliphatic rings. The van der Waals surface area contributed by atoms with Crippen LogP contribution in [0.5, 0.6) is 5.75 Å². The minimum absolute atomic E-state index is 0.424. The number of halogens is 1. The Hall–Kier alpha value is -0.590. The maximum Gasteiger partial charge on any atom is 0.201 e. The third kappa shape index (κ3) is 4.59. The van der Waals surface area contributed by atoms with Crippen LogP contribution in [-0.4, -0.2) is 21.6 Å². The van der Waals surface area contributed by atoms with Gasteiger partial charge in [0.15, 0.2) is 0 Å². The lowest BCUT2D eigenvalue weighted by atomic mass is 10.1. The Morgan fingerprint density at radius 3 is 2.78 bits per heavy atom. The van der Waals surface area contributed by atoms with Crippen LogP contribution in [0, 0.1) is 5.92 Å². The van der Waals surface area contributed by atoms with Crippen LogP contribution in [0.1, 0.15) is 18.4 Å². The van der Waals surface area contributed by atoms with Crippen LogP contribution in [0.2, 0.25) is 0 Å². The molecule has 6 heteroatoms. The molecule has 1 fully saturated rings. The van der Waals surface area contributed by atoms with Crippen molar-refractivity contribution in [2.45, 2.75) is 19.3 Å². The Morgan fingerprint density at radius 1 is 1.39 bits per heavy atom. The minimum Gasteiger partial charge on any atom is -0.492 e. The first-order valence-electron chi connectivity index (χ1n) is 5.94. The first-order valence-corrected chi connectivity index (χ1v) is 7.91. The molecule has 1 aromatic rings. The van der Waals surface area contributed by atoms with Crippen LogP contribution in [0.4, 0.5) is 0 Å². The molecule has 0 aromatic heterocycles. The SMILES string of the molecule is O=[SH](=O)NCCc1ccc(OCC2CC2)c(Br)c1. The molecule has 0 unspecified atom stereocenters. The van der Waals surface area contributed by atoms with E-state index in [0.29, 0.717) is 13.0 Å². The Kier molecular flexibility index (Phi) is 5.03. The number of rotatable bonds is 7. The van der Waals surface area contributed by atoms with Gasteiger partial charge in [0.05, 0.1) is 11.1 Å². The number of hydrogen-bond acceptors (Lipinski definition) is 3. The highest BCUT2D eigenvalue weighted by atomic mass is 79.9. The van der Waals surface area contributed by atoms with Gasteiger partial charge in [-0.2, -0.15) is 0 Å². The van der Waals surface area contributed by atoms with Crippen molar-refractivity contribution in [3.05, 3.63) is 28.2 Å². The van der Waals surface area contributed by atoms with E-state index in [1.165, 1.54) is 12.8 Å². The average molecular weight is 334 g/mol. The van der Waals surface area contributed by atoms with Crippen molar-refractivity contribution >= 4 is 26.8 Å². The van der Waals surface area contributed by atoms with Crippen molar-refractivity contribution in [1.82, 2.24) is 4.72 Å². The molecule has 0 spiro atoms. The molecule has 100 valence electrons. The maximum absolute atomic E-state index is 10.4. The van der Waals surface area contributed by atoms with Gasteiger partial charge in [-0.15, -0.1) is 0 Å².